The molecule has 0 N–H and O–H groups in total. The topological polar surface area (TPSA) is 6.48 Å². The Balaban J connectivity index is 2.31. The molecule has 0 fully saturated rings. The first kappa shape index (κ1) is 11.2. The molecule has 1 unspecified atom stereocenters. The molecule has 1 aliphatic rings. The van der Waals surface area contributed by atoms with Crippen molar-refractivity contribution in [3.8, 4) is 0 Å². The van der Waals surface area contributed by atoms with Gasteiger partial charge in [0.1, 0.15) is 0 Å². The lowest BCUT2D eigenvalue weighted by Gasteiger charge is -2.28. The molecular formula is C14H20N2. The molecule has 2 rings (SSSR count). The molecule has 1 aliphatic heterocycles. The molecule has 86 valence electrons. The van der Waals surface area contributed by atoms with Crippen molar-refractivity contribution in [1.82, 2.24) is 10.0 Å². The van der Waals surface area contributed by atoms with Crippen LogP contribution in [0, 0.1) is 6.92 Å². The minimum atomic E-state index is 0.529. The maximum Gasteiger partial charge on any atom is 0.0567 e. The van der Waals surface area contributed by atoms with Gasteiger partial charge in [0.15, 0.2) is 0 Å². The van der Waals surface area contributed by atoms with E-state index in [1.54, 1.807) is 0 Å². The van der Waals surface area contributed by atoms with E-state index < -0.39 is 0 Å². The zero-order valence-electron chi connectivity index (χ0n) is 10.6. The number of benzene rings is 1. The van der Waals surface area contributed by atoms with E-state index in [1.165, 1.54) is 16.8 Å². The van der Waals surface area contributed by atoms with Crippen LogP contribution in [0.3, 0.4) is 0 Å². The third-order valence-electron chi connectivity index (χ3n) is 3.42. The van der Waals surface area contributed by atoms with Crippen molar-refractivity contribution in [3.63, 3.8) is 0 Å². The van der Waals surface area contributed by atoms with Crippen LogP contribution in [0.1, 0.15) is 24.5 Å². The molecule has 0 spiro atoms. The predicted molar refractivity (Wildman–Crippen MR) is 68.8 cm³/mol. The molecule has 16 heavy (non-hydrogen) atoms. The molecule has 0 saturated heterocycles. The molecule has 0 radical (unpaired) electrons. The quantitative estimate of drug-likeness (QED) is 0.750. The van der Waals surface area contributed by atoms with Gasteiger partial charge >= 0.3 is 0 Å². The van der Waals surface area contributed by atoms with Crippen LogP contribution in [0.2, 0.25) is 0 Å². The van der Waals surface area contributed by atoms with Crippen molar-refractivity contribution in [2.24, 2.45) is 0 Å². The molecule has 1 aromatic carbocycles. The first-order valence-corrected chi connectivity index (χ1v) is 5.88. The van der Waals surface area contributed by atoms with Gasteiger partial charge in [-0.2, -0.15) is 0 Å². The van der Waals surface area contributed by atoms with E-state index in [1.807, 2.05) is 0 Å². The Kier molecular flexibility index (Phi) is 3.01. The lowest BCUT2D eigenvalue weighted by atomic mass is 10.1. The normalized spacial score (nSPS) is 21.4. The van der Waals surface area contributed by atoms with Gasteiger partial charge in [0.05, 0.1) is 5.70 Å². The van der Waals surface area contributed by atoms with Gasteiger partial charge in [-0.15, -0.1) is 0 Å². The second kappa shape index (κ2) is 4.30. The fraction of sp³-hybridized carbons (Fsp3) is 0.429. The largest absolute Gasteiger partial charge is 0.308 e. The Hall–Kier alpha value is -1.28. The summed E-state index contributed by atoms with van der Waals surface area (Å²) in [6.45, 7) is 4.35. The summed E-state index contributed by atoms with van der Waals surface area (Å²) in [5.41, 5.74) is 3.93. The molecule has 0 aromatic heterocycles. The number of likely N-dealkylation sites (N-methyl/N-ethyl adjacent to an activating group) is 1. The van der Waals surface area contributed by atoms with Crippen LogP contribution in [0.25, 0.3) is 5.70 Å². The van der Waals surface area contributed by atoms with Crippen LogP contribution in [0.15, 0.2) is 30.3 Å². The minimum Gasteiger partial charge on any atom is -0.308 e. The van der Waals surface area contributed by atoms with Crippen LogP contribution in [-0.4, -0.2) is 30.2 Å². The molecule has 2 heteroatoms. The maximum atomic E-state index is 2.35. The summed E-state index contributed by atoms with van der Waals surface area (Å²) in [4.78, 5) is 0. The van der Waals surface area contributed by atoms with Crippen LogP contribution in [0.5, 0.6) is 0 Å². The molecule has 0 aliphatic carbocycles. The van der Waals surface area contributed by atoms with E-state index in [2.05, 4.69) is 68.3 Å². The summed E-state index contributed by atoms with van der Waals surface area (Å²) < 4.78 is 0. The van der Waals surface area contributed by atoms with E-state index in [-0.39, 0.29) is 0 Å². The van der Waals surface area contributed by atoms with Crippen molar-refractivity contribution in [2.75, 3.05) is 14.1 Å². The molecule has 0 amide bonds. The average molecular weight is 216 g/mol. The predicted octanol–water partition coefficient (Wildman–Crippen LogP) is 2.91. The third-order valence-corrected chi connectivity index (χ3v) is 3.42. The number of rotatable bonds is 2. The van der Waals surface area contributed by atoms with Gasteiger partial charge in [-0.05, 0) is 25.0 Å². The number of hydrogen-bond donors (Lipinski definition) is 0. The van der Waals surface area contributed by atoms with Crippen LogP contribution < -0.4 is 0 Å². The summed E-state index contributed by atoms with van der Waals surface area (Å²) in [5.74, 6) is 0. The number of aryl methyl sites for hydroxylation is 1. The summed E-state index contributed by atoms with van der Waals surface area (Å²) in [7, 11) is 4.27. The van der Waals surface area contributed by atoms with Crippen LogP contribution in [-0.2, 0) is 0 Å². The van der Waals surface area contributed by atoms with Crippen molar-refractivity contribution in [3.05, 3.63) is 41.5 Å². The van der Waals surface area contributed by atoms with Crippen molar-refractivity contribution in [1.29, 1.82) is 0 Å². The Labute approximate surface area is 98.1 Å². The highest BCUT2D eigenvalue weighted by Gasteiger charge is 2.25. The van der Waals surface area contributed by atoms with E-state index >= 15 is 0 Å². The fourth-order valence-corrected chi connectivity index (χ4v) is 2.18. The van der Waals surface area contributed by atoms with E-state index in [4.69, 9.17) is 0 Å². The van der Waals surface area contributed by atoms with Crippen molar-refractivity contribution in [2.45, 2.75) is 26.3 Å². The highest BCUT2D eigenvalue weighted by molar-refractivity contribution is 5.66. The SMILES string of the molecule is CCC1C=C(c2ccc(C)cc2)N(C)N1C. The number of nitrogens with zero attached hydrogens (tertiary/aromatic N) is 2. The van der Waals surface area contributed by atoms with E-state index in [0.29, 0.717) is 6.04 Å². The lowest BCUT2D eigenvalue weighted by molar-refractivity contribution is 0.0815. The van der Waals surface area contributed by atoms with Gasteiger partial charge in [0.25, 0.3) is 0 Å². The second-order valence-corrected chi connectivity index (χ2v) is 4.49. The molecular weight excluding hydrogens is 196 g/mol. The maximum absolute atomic E-state index is 2.35. The summed E-state index contributed by atoms with van der Waals surface area (Å²) >= 11 is 0. The van der Waals surface area contributed by atoms with Gasteiger partial charge in [-0.1, -0.05) is 36.8 Å². The number of hydrazine groups is 1. The summed E-state index contributed by atoms with van der Waals surface area (Å²) in [5, 5.41) is 4.52. The fourth-order valence-electron chi connectivity index (χ4n) is 2.18. The van der Waals surface area contributed by atoms with Crippen molar-refractivity contribution < 1.29 is 0 Å². The smallest absolute Gasteiger partial charge is 0.0567 e. The zero-order valence-corrected chi connectivity index (χ0v) is 10.6. The Morgan fingerprint density at radius 3 is 2.25 bits per heavy atom. The van der Waals surface area contributed by atoms with Crippen molar-refractivity contribution >= 4 is 5.70 Å². The zero-order chi connectivity index (χ0) is 11.7. The first-order valence-electron chi connectivity index (χ1n) is 5.88. The Morgan fingerprint density at radius 1 is 1.12 bits per heavy atom. The first-order chi connectivity index (χ1) is 7.63. The molecule has 0 bridgehead atoms. The second-order valence-electron chi connectivity index (χ2n) is 4.49. The number of hydrogen-bond acceptors (Lipinski definition) is 2. The average Bonchev–Trinajstić information content (AvgIpc) is 2.57. The molecule has 2 nitrogen and oxygen atoms in total. The molecule has 0 saturated carbocycles. The van der Waals surface area contributed by atoms with Crippen LogP contribution >= 0.6 is 0 Å². The standard InChI is InChI=1S/C14H20N2/c1-5-13-10-14(16(4)15(13)3)12-8-6-11(2)7-9-12/h6-10,13H,5H2,1-4H3. The van der Waals surface area contributed by atoms with Gasteiger partial charge in [-0.25, -0.2) is 5.01 Å². The molecule has 1 aromatic rings. The van der Waals surface area contributed by atoms with E-state index in [9.17, 15) is 0 Å². The minimum absolute atomic E-state index is 0.529. The van der Waals surface area contributed by atoms with Gasteiger partial charge < -0.3 is 5.01 Å². The Morgan fingerprint density at radius 2 is 1.75 bits per heavy atom. The monoisotopic (exact) mass is 216 g/mol. The van der Waals surface area contributed by atoms with Gasteiger partial charge in [0, 0.05) is 20.1 Å². The third kappa shape index (κ3) is 1.85. The van der Waals surface area contributed by atoms with Gasteiger partial charge in [-0.3, -0.25) is 0 Å². The molecule has 1 heterocycles. The summed E-state index contributed by atoms with van der Waals surface area (Å²) in [6.07, 6.45) is 3.50. The van der Waals surface area contributed by atoms with Crippen LogP contribution in [0.4, 0.5) is 0 Å². The van der Waals surface area contributed by atoms with E-state index in [0.717, 1.165) is 6.42 Å². The highest BCUT2D eigenvalue weighted by Crippen LogP contribution is 2.28. The highest BCUT2D eigenvalue weighted by atomic mass is 15.6. The molecule has 1 atom stereocenters. The van der Waals surface area contributed by atoms with Gasteiger partial charge in [0.2, 0.25) is 0 Å². The Bertz CT molecular complexity index is 392. The lowest BCUT2D eigenvalue weighted by Crippen LogP contribution is -2.35. The summed E-state index contributed by atoms with van der Waals surface area (Å²) in [6, 6.07) is 9.26.